The van der Waals surface area contributed by atoms with Gasteiger partial charge in [0.1, 0.15) is 6.61 Å². The van der Waals surface area contributed by atoms with Gasteiger partial charge < -0.3 is 14.6 Å². The number of alkyl halides is 3. The Morgan fingerprint density at radius 2 is 2.10 bits per heavy atom. The number of hydrogen-bond acceptors (Lipinski definition) is 4. The Balaban J connectivity index is 1.83. The van der Waals surface area contributed by atoms with Crippen molar-refractivity contribution in [2.45, 2.75) is 25.4 Å². The lowest BCUT2D eigenvalue weighted by Gasteiger charge is -2.39. The molecule has 2 aliphatic rings. The van der Waals surface area contributed by atoms with Crippen molar-refractivity contribution in [3.05, 3.63) is 22.9 Å². The molecular weight excluding hydrogens is 287 g/mol. The summed E-state index contributed by atoms with van der Waals surface area (Å²) in [7, 11) is 0. The van der Waals surface area contributed by atoms with Crippen molar-refractivity contribution in [1.29, 1.82) is 0 Å². The predicted molar refractivity (Wildman–Crippen MR) is 67.1 cm³/mol. The van der Waals surface area contributed by atoms with E-state index in [0.29, 0.717) is 43.7 Å². The standard InChI is InChI=1S/C14H16F3NO3/c15-14(16,17)10-4-12(18-11-3-1-2-9(10)11)21-8-13(5-19)6-20-7-13/h4,19H,1-3,5-8H2. The highest BCUT2D eigenvalue weighted by Crippen LogP contribution is 2.38. The molecule has 1 aromatic rings. The summed E-state index contributed by atoms with van der Waals surface area (Å²) in [5.74, 6) is -0.0253. The van der Waals surface area contributed by atoms with Crippen LogP contribution in [0, 0.1) is 5.41 Å². The normalized spacial score (nSPS) is 20.0. The molecule has 2 heterocycles. The van der Waals surface area contributed by atoms with Crippen molar-refractivity contribution >= 4 is 0 Å². The zero-order valence-electron chi connectivity index (χ0n) is 11.4. The third-order valence-electron chi connectivity index (χ3n) is 4.01. The van der Waals surface area contributed by atoms with Crippen LogP contribution in [0.25, 0.3) is 0 Å². The van der Waals surface area contributed by atoms with Crippen LogP contribution in [0.1, 0.15) is 23.2 Å². The number of ether oxygens (including phenoxy) is 2. The fourth-order valence-corrected chi connectivity index (χ4v) is 2.68. The number of aromatic nitrogens is 1. The van der Waals surface area contributed by atoms with E-state index in [2.05, 4.69) is 4.98 Å². The predicted octanol–water partition coefficient (Wildman–Crippen LogP) is 1.98. The van der Waals surface area contributed by atoms with Crippen molar-refractivity contribution < 1.29 is 27.8 Å². The first kappa shape index (κ1) is 14.6. The summed E-state index contributed by atoms with van der Waals surface area (Å²) in [6.07, 6.45) is -2.76. The van der Waals surface area contributed by atoms with Gasteiger partial charge in [-0.3, -0.25) is 0 Å². The van der Waals surface area contributed by atoms with Gasteiger partial charge in [0, 0.05) is 11.8 Å². The third kappa shape index (κ3) is 2.72. The number of hydrogen-bond donors (Lipinski definition) is 1. The highest BCUT2D eigenvalue weighted by molar-refractivity contribution is 5.39. The van der Waals surface area contributed by atoms with Crippen molar-refractivity contribution in [3.8, 4) is 5.88 Å². The van der Waals surface area contributed by atoms with Gasteiger partial charge in [-0.25, -0.2) is 4.98 Å². The second kappa shape index (κ2) is 5.14. The lowest BCUT2D eigenvalue weighted by Crippen LogP contribution is -2.50. The molecule has 0 saturated carbocycles. The topological polar surface area (TPSA) is 51.6 Å². The molecule has 1 aromatic heterocycles. The molecule has 1 aliphatic carbocycles. The van der Waals surface area contributed by atoms with Gasteiger partial charge in [-0.05, 0) is 24.8 Å². The monoisotopic (exact) mass is 303 g/mol. The summed E-state index contributed by atoms with van der Waals surface area (Å²) in [5, 5.41) is 9.29. The maximum atomic E-state index is 13.1. The molecule has 0 atom stereocenters. The van der Waals surface area contributed by atoms with E-state index in [1.807, 2.05) is 0 Å². The highest BCUT2D eigenvalue weighted by atomic mass is 19.4. The second-order valence-corrected chi connectivity index (χ2v) is 5.72. The summed E-state index contributed by atoms with van der Waals surface area (Å²) < 4.78 is 49.7. The molecule has 1 N–H and O–H groups in total. The first-order valence-corrected chi connectivity index (χ1v) is 6.85. The van der Waals surface area contributed by atoms with Gasteiger partial charge in [0.05, 0.1) is 30.8 Å². The molecule has 0 aromatic carbocycles. The summed E-state index contributed by atoms with van der Waals surface area (Å²) in [4.78, 5) is 4.18. The van der Waals surface area contributed by atoms with Crippen LogP contribution < -0.4 is 4.74 Å². The van der Waals surface area contributed by atoms with Gasteiger partial charge in [0.15, 0.2) is 0 Å². The van der Waals surface area contributed by atoms with Gasteiger partial charge in [0.2, 0.25) is 5.88 Å². The third-order valence-corrected chi connectivity index (χ3v) is 4.01. The summed E-state index contributed by atoms with van der Waals surface area (Å²) >= 11 is 0. The fourth-order valence-electron chi connectivity index (χ4n) is 2.68. The Labute approximate surface area is 119 Å². The quantitative estimate of drug-likeness (QED) is 0.924. The van der Waals surface area contributed by atoms with Crippen LogP contribution >= 0.6 is 0 Å². The van der Waals surface area contributed by atoms with E-state index in [4.69, 9.17) is 9.47 Å². The zero-order valence-corrected chi connectivity index (χ0v) is 11.4. The van der Waals surface area contributed by atoms with Crippen LogP contribution in [-0.4, -0.2) is 36.5 Å². The average molecular weight is 303 g/mol. The Kier molecular flexibility index (Phi) is 3.57. The molecule has 1 fully saturated rings. The maximum absolute atomic E-state index is 13.1. The minimum atomic E-state index is -4.40. The highest BCUT2D eigenvalue weighted by Gasteiger charge is 2.40. The average Bonchev–Trinajstić information content (AvgIpc) is 2.84. The van der Waals surface area contributed by atoms with Crippen LogP contribution in [0.4, 0.5) is 13.2 Å². The first-order chi connectivity index (χ1) is 9.93. The van der Waals surface area contributed by atoms with Crippen LogP contribution in [0.3, 0.4) is 0 Å². The molecule has 4 nitrogen and oxygen atoms in total. The van der Waals surface area contributed by atoms with Gasteiger partial charge in [-0.1, -0.05) is 0 Å². The van der Waals surface area contributed by atoms with E-state index in [0.717, 1.165) is 6.07 Å². The SMILES string of the molecule is OCC1(COc2cc(C(F)(F)F)c3c(n2)CCC3)COC1. The summed E-state index contributed by atoms with van der Waals surface area (Å²) in [6.45, 7) is 0.678. The smallest absolute Gasteiger partial charge is 0.416 e. The fraction of sp³-hybridized carbons (Fsp3) is 0.643. The van der Waals surface area contributed by atoms with Crippen LogP contribution in [0.15, 0.2) is 6.07 Å². The number of aliphatic hydroxyl groups is 1. The Morgan fingerprint density at radius 1 is 1.33 bits per heavy atom. The molecule has 0 unspecified atom stereocenters. The molecule has 0 amide bonds. The number of fused-ring (bicyclic) bond motifs is 1. The second-order valence-electron chi connectivity index (χ2n) is 5.72. The number of aryl methyl sites for hydroxylation is 1. The van der Waals surface area contributed by atoms with E-state index in [-0.39, 0.29) is 19.1 Å². The number of pyridine rings is 1. The van der Waals surface area contributed by atoms with E-state index in [9.17, 15) is 18.3 Å². The number of nitrogens with zero attached hydrogens (tertiary/aromatic N) is 1. The summed E-state index contributed by atoms with van der Waals surface area (Å²) in [5.41, 5.74) is -0.400. The van der Waals surface area contributed by atoms with Crippen LogP contribution in [-0.2, 0) is 23.8 Å². The Hall–Kier alpha value is -1.34. The van der Waals surface area contributed by atoms with Crippen molar-refractivity contribution in [2.75, 3.05) is 26.4 Å². The first-order valence-electron chi connectivity index (χ1n) is 6.85. The molecule has 1 saturated heterocycles. The van der Waals surface area contributed by atoms with Crippen molar-refractivity contribution in [3.63, 3.8) is 0 Å². The number of aliphatic hydroxyl groups excluding tert-OH is 1. The Bertz CT molecular complexity index is 535. The largest absolute Gasteiger partial charge is 0.477 e. The molecular formula is C14H16F3NO3. The van der Waals surface area contributed by atoms with Crippen molar-refractivity contribution in [2.24, 2.45) is 5.41 Å². The lowest BCUT2D eigenvalue weighted by molar-refractivity contribution is -0.154. The van der Waals surface area contributed by atoms with E-state index in [1.165, 1.54) is 0 Å². The molecule has 0 spiro atoms. The van der Waals surface area contributed by atoms with Gasteiger partial charge in [-0.2, -0.15) is 13.2 Å². The van der Waals surface area contributed by atoms with E-state index < -0.39 is 17.2 Å². The van der Waals surface area contributed by atoms with Crippen molar-refractivity contribution in [1.82, 2.24) is 4.98 Å². The molecule has 7 heteroatoms. The molecule has 21 heavy (non-hydrogen) atoms. The van der Waals surface area contributed by atoms with Crippen LogP contribution in [0.5, 0.6) is 5.88 Å². The van der Waals surface area contributed by atoms with Gasteiger partial charge >= 0.3 is 6.18 Å². The van der Waals surface area contributed by atoms with Gasteiger partial charge in [-0.15, -0.1) is 0 Å². The molecule has 0 radical (unpaired) electrons. The van der Waals surface area contributed by atoms with E-state index in [1.54, 1.807) is 0 Å². The van der Waals surface area contributed by atoms with E-state index >= 15 is 0 Å². The lowest BCUT2D eigenvalue weighted by atomic mass is 9.88. The molecule has 1 aliphatic heterocycles. The van der Waals surface area contributed by atoms with Gasteiger partial charge in [0.25, 0.3) is 0 Å². The molecule has 0 bridgehead atoms. The molecule has 116 valence electrons. The zero-order chi connectivity index (χ0) is 15.1. The maximum Gasteiger partial charge on any atom is 0.416 e. The molecule has 3 rings (SSSR count). The summed E-state index contributed by atoms with van der Waals surface area (Å²) in [6, 6.07) is 0.967. The van der Waals surface area contributed by atoms with Crippen LogP contribution in [0.2, 0.25) is 0 Å². The minimum Gasteiger partial charge on any atom is -0.477 e. The Morgan fingerprint density at radius 3 is 2.67 bits per heavy atom. The minimum absolute atomic E-state index is 0.0253. The number of rotatable bonds is 4. The number of halogens is 3.